The summed E-state index contributed by atoms with van der Waals surface area (Å²) >= 11 is 0. The number of hydrogen-bond acceptors (Lipinski definition) is 5. The summed E-state index contributed by atoms with van der Waals surface area (Å²) in [7, 11) is 0. The molecule has 1 aliphatic heterocycles. The molecule has 0 aliphatic carbocycles. The second kappa shape index (κ2) is 8.00. The largest absolute Gasteiger partial charge is 0.366 e. The monoisotopic (exact) mass is 397 g/mol. The minimum atomic E-state index is -0.0416. The number of aromatic nitrogens is 2. The molecular weight excluding hydrogens is 374 g/mol. The molecule has 6 heteroatoms. The van der Waals surface area contributed by atoms with Gasteiger partial charge in [0.2, 0.25) is 0 Å². The lowest BCUT2D eigenvalue weighted by Crippen LogP contribution is -2.43. The van der Waals surface area contributed by atoms with Gasteiger partial charge in [0.25, 0.3) is 0 Å². The molecule has 3 heterocycles. The molecule has 6 nitrogen and oxygen atoms in total. The van der Waals surface area contributed by atoms with E-state index < -0.39 is 0 Å². The van der Waals surface area contributed by atoms with Crippen LogP contribution in [0, 0.1) is 0 Å². The molecule has 30 heavy (non-hydrogen) atoms. The van der Waals surface area contributed by atoms with Gasteiger partial charge in [-0.2, -0.15) is 0 Å². The van der Waals surface area contributed by atoms with E-state index in [0.29, 0.717) is 5.39 Å². The van der Waals surface area contributed by atoms with Crippen molar-refractivity contribution < 1.29 is 0 Å². The maximum Gasteiger partial charge on any atom is 0.193 e. The van der Waals surface area contributed by atoms with Gasteiger partial charge in [-0.05, 0) is 24.3 Å². The zero-order valence-electron chi connectivity index (χ0n) is 16.6. The lowest BCUT2D eigenvalue weighted by atomic mass is 10.1. The van der Waals surface area contributed by atoms with Gasteiger partial charge in [0.05, 0.1) is 22.8 Å². The number of anilines is 3. The molecule has 0 atom stereocenters. The molecule has 0 bridgehead atoms. The number of para-hydroxylation sites is 2. The summed E-state index contributed by atoms with van der Waals surface area (Å²) in [4.78, 5) is 19.8. The van der Waals surface area contributed by atoms with E-state index in [2.05, 4.69) is 37.2 Å². The Balaban J connectivity index is 1.80. The van der Waals surface area contributed by atoms with Crippen molar-refractivity contribution in [3.8, 4) is 5.69 Å². The van der Waals surface area contributed by atoms with Crippen molar-refractivity contribution in [1.29, 1.82) is 0 Å². The predicted molar refractivity (Wildman–Crippen MR) is 122 cm³/mol. The van der Waals surface area contributed by atoms with Crippen LogP contribution in [0.5, 0.6) is 0 Å². The van der Waals surface area contributed by atoms with Crippen LogP contribution in [0.4, 0.5) is 17.2 Å². The van der Waals surface area contributed by atoms with E-state index in [1.807, 2.05) is 54.7 Å². The van der Waals surface area contributed by atoms with E-state index in [-0.39, 0.29) is 5.43 Å². The van der Waals surface area contributed by atoms with Gasteiger partial charge < -0.3 is 15.5 Å². The Morgan fingerprint density at radius 2 is 1.60 bits per heavy atom. The van der Waals surface area contributed by atoms with Crippen molar-refractivity contribution >= 4 is 28.1 Å². The maximum absolute atomic E-state index is 13.1. The Hall–Kier alpha value is -3.64. The number of pyridine rings is 2. The Labute approximate surface area is 174 Å². The lowest BCUT2D eigenvalue weighted by Gasteiger charge is -2.31. The van der Waals surface area contributed by atoms with Crippen molar-refractivity contribution in [2.24, 2.45) is 0 Å². The fourth-order valence-corrected chi connectivity index (χ4v) is 3.99. The molecule has 2 aromatic carbocycles. The van der Waals surface area contributed by atoms with Crippen LogP contribution >= 0.6 is 0 Å². The minimum Gasteiger partial charge on any atom is -0.366 e. The average molecular weight is 397 g/mol. The molecule has 0 radical (unpaired) electrons. The van der Waals surface area contributed by atoms with Crippen LogP contribution in [0.25, 0.3) is 16.6 Å². The van der Waals surface area contributed by atoms with E-state index >= 15 is 0 Å². The third kappa shape index (κ3) is 3.42. The number of fused-ring (bicyclic) bond motifs is 1. The van der Waals surface area contributed by atoms with Crippen molar-refractivity contribution in [3.05, 3.63) is 89.3 Å². The molecule has 1 fully saturated rings. The fourth-order valence-electron chi connectivity index (χ4n) is 3.99. The van der Waals surface area contributed by atoms with E-state index in [0.717, 1.165) is 54.6 Å². The first-order valence-electron chi connectivity index (χ1n) is 10.2. The van der Waals surface area contributed by atoms with Crippen molar-refractivity contribution in [3.63, 3.8) is 0 Å². The molecule has 150 valence electrons. The van der Waals surface area contributed by atoms with E-state index in [9.17, 15) is 4.79 Å². The Morgan fingerprint density at radius 1 is 0.900 bits per heavy atom. The molecule has 5 rings (SSSR count). The fraction of sp³-hybridized carbons (Fsp3) is 0.167. The van der Waals surface area contributed by atoms with Gasteiger partial charge in [0, 0.05) is 49.8 Å². The highest BCUT2D eigenvalue weighted by Crippen LogP contribution is 2.31. The molecule has 2 N–H and O–H groups in total. The standard InChI is InChI=1S/C24H23N5O/c30-22-15-23(27-18-7-3-1-4-8-18)29(19-9-5-2-6-10-19)24-20(22)16-26-17-21(24)28-13-11-25-12-14-28/h1-10,15-17,25,27H,11-14H2. The van der Waals surface area contributed by atoms with Crippen LogP contribution in [0.2, 0.25) is 0 Å². The van der Waals surface area contributed by atoms with Crippen LogP contribution in [-0.4, -0.2) is 35.7 Å². The van der Waals surface area contributed by atoms with Gasteiger partial charge >= 0.3 is 0 Å². The van der Waals surface area contributed by atoms with E-state index in [1.165, 1.54) is 0 Å². The summed E-state index contributed by atoms with van der Waals surface area (Å²) in [6.45, 7) is 3.57. The topological polar surface area (TPSA) is 62.2 Å². The number of hydrogen-bond donors (Lipinski definition) is 2. The SMILES string of the molecule is O=c1cc(Nc2ccccc2)n(-c2ccccc2)c2c(N3CCNCC3)cncc12. The summed E-state index contributed by atoms with van der Waals surface area (Å²) < 4.78 is 2.13. The quantitative estimate of drug-likeness (QED) is 0.552. The number of nitrogens with zero attached hydrogens (tertiary/aromatic N) is 3. The summed E-state index contributed by atoms with van der Waals surface area (Å²) in [5.41, 5.74) is 3.73. The molecule has 0 saturated carbocycles. The number of benzene rings is 2. The Kier molecular flexibility index (Phi) is 4.91. The highest BCUT2D eigenvalue weighted by atomic mass is 16.1. The number of piperazine rings is 1. The lowest BCUT2D eigenvalue weighted by molar-refractivity contribution is 0.589. The maximum atomic E-state index is 13.1. The highest BCUT2D eigenvalue weighted by Gasteiger charge is 2.20. The summed E-state index contributed by atoms with van der Waals surface area (Å²) in [6, 6.07) is 21.7. The van der Waals surface area contributed by atoms with Crippen molar-refractivity contribution in [1.82, 2.24) is 14.9 Å². The smallest absolute Gasteiger partial charge is 0.193 e. The van der Waals surface area contributed by atoms with Crippen LogP contribution in [-0.2, 0) is 0 Å². The summed E-state index contributed by atoms with van der Waals surface area (Å²) in [5.74, 6) is 0.729. The highest BCUT2D eigenvalue weighted by molar-refractivity contribution is 5.93. The zero-order chi connectivity index (χ0) is 20.3. The predicted octanol–water partition coefficient (Wildman–Crippen LogP) is 3.54. The second-order valence-corrected chi connectivity index (χ2v) is 7.35. The first-order chi connectivity index (χ1) is 14.8. The van der Waals surface area contributed by atoms with Gasteiger partial charge in [-0.25, -0.2) is 0 Å². The summed E-state index contributed by atoms with van der Waals surface area (Å²) in [5, 5.41) is 7.46. The van der Waals surface area contributed by atoms with E-state index in [4.69, 9.17) is 0 Å². The van der Waals surface area contributed by atoms with Gasteiger partial charge in [0.15, 0.2) is 5.43 Å². The van der Waals surface area contributed by atoms with Gasteiger partial charge in [0.1, 0.15) is 5.82 Å². The van der Waals surface area contributed by atoms with E-state index in [1.54, 1.807) is 12.3 Å². The molecule has 0 spiro atoms. The van der Waals surface area contributed by atoms with Crippen LogP contribution in [0.3, 0.4) is 0 Å². The molecule has 1 aliphatic rings. The molecule has 1 saturated heterocycles. The first kappa shape index (κ1) is 18.4. The third-order valence-electron chi connectivity index (χ3n) is 5.41. The third-order valence-corrected chi connectivity index (χ3v) is 5.41. The van der Waals surface area contributed by atoms with Gasteiger partial charge in [-0.1, -0.05) is 36.4 Å². The minimum absolute atomic E-state index is 0.0416. The van der Waals surface area contributed by atoms with Crippen LogP contribution < -0.4 is 21.0 Å². The molecule has 2 aromatic heterocycles. The normalized spacial score (nSPS) is 14.1. The molecule has 0 unspecified atom stereocenters. The molecule has 4 aromatic rings. The van der Waals surface area contributed by atoms with Crippen LogP contribution in [0.15, 0.2) is 83.9 Å². The first-order valence-corrected chi connectivity index (χ1v) is 10.2. The number of nitrogens with one attached hydrogen (secondary N) is 2. The number of rotatable bonds is 4. The van der Waals surface area contributed by atoms with Crippen LogP contribution in [0.1, 0.15) is 0 Å². The summed E-state index contributed by atoms with van der Waals surface area (Å²) in [6.07, 6.45) is 3.55. The Bertz CT molecular complexity index is 1220. The Morgan fingerprint density at radius 3 is 2.33 bits per heavy atom. The molecule has 0 amide bonds. The average Bonchev–Trinajstić information content (AvgIpc) is 2.81. The van der Waals surface area contributed by atoms with Gasteiger partial charge in [-0.3, -0.25) is 14.3 Å². The van der Waals surface area contributed by atoms with Gasteiger partial charge in [-0.15, -0.1) is 0 Å². The van der Waals surface area contributed by atoms with Crippen molar-refractivity contribution in [2.45, 2.75) is 0 Å². The molecular formula is C24H23N5O. The second-order valence-electron chi connectivity index (χ2n) is 7.35. The zero-order valence-corrected chi connectivity index (χ0v) is 16.6. The van der Waals surface area contributed by atoms with Crippen molar-refractivity contribution in [2.75, 3.05) is 36.4 Å².